The predicted octanol–water partition coefficient (Wildman–Crippen LogP) is 2.94. The number of aryl methyl sites for hydroxylation is 2. The van der Waals surface area contributed by atoms with Crippen molar-refractivity contribution < 1.29 is 29.0 Å². The number of hydrogen-bond acceptors (Lipinski definition) is 6. The lowest BCUT2D eigenvalue weighted by Gasteiger charge is -2.38. The third kappa shape index (κ3) is 4.01. The van der Waals surface area contributed by atoms with Gasteiger partial charge in [0, 0.05) is 25.4 Å². The fourth-order valence-corrected chi connectivity index (χ4v) is 6.89. The molecule has 4 rings (SSSR count). The maximum atomic E-state index is 14.6. The summed E-state index contributed by atoms with van der Waals surface area (Å²) in [5.74, 6) is -2.86. The highest BCUT2D eigenvalue weighted by atomic mass is 16.6. The molecule has 3 aliphatic heterocycles. The molecule has 2 amide bonds. The van der Waals surface area contributed by atoms with Gasteiger partial charge >= 0.3 is 5.97 Å². The molecule has 1 spiro atoms. The van der Waals surface area contributed by atoms with Gasteiger partial charge in [-0.05, 0) is 50.7 Å². The number of fused-ring (bicyclic) bond motifs is 1. The number of carbonyl (C=O) groups is 3. The summed E-state index contributed by atoms with van der Waals surface area (Å²) in [5, 5.41) is 9.57. The molecule has 8 heteroatoms. The average Bonchev–Trinajstić information content (AvgIpc) is 3.36. The normalized spacial score (nSPS) is 31.8. The lowest BCUT2D eigenvalue weighted by atomic mass is 9.62. The van der Waals surface area contributed by atoms with E-state index in [1.54, 1.807) is 11.0 Å². The number of esters is 1. The maximum Gasteiger partial charge on any atom is 0.313 e. The zero-order valence-corrected chi connectivity index (χ0v) is 22.2. The number of ether oxygens (including phenoxy) is 2. The number of likely N-dealkylation sites (tertiary alicyclic amines) is 1. The first-order chi connectivity index (χ1) is 17.6. The maximum absolute atomic E-state index is 14.6. The third-order valence-electron chi connectivity index (χ3n) is 8.49. The molecular weight excluding hydrogens is 472 g/mol. The van der Waals surface area contributed by atoms with Gasteiger partial charge in [-0.1, -0.05) is 43.9 Å². The molecule has 200 valence electrons. The van der Waals surface area contributed by atoms with Crippen LogP contribution in [0, 0.1) is 31.6 Å². The van der Waals surface area contributed by atoms with E-state index in [0.29, 0.717) is 12.8 Å². The Labute approximate surface area is 218 Å². The molecule has 1 N–H and O–H groups in total. The van der Waals surface area contributed by atoms with Gasteiger partial charge in [-0.3, -0.25) is 14.4 Å². The van der Waals surface area contributed by atoms with Crippen LogP contribution in [0.15, 0.2) is 43.5 Å². The van der Waals surface area contributed by atoms with Gasteiger partial charge in [0.25, 0.3) is 5.91 Å². The Balaban J connectivity index is 1.84. The molecule has 3 fully saturated rings. The van der Waals surface area contributed by atoms with Gasteiger partial charge in [0.2, 0.25) is 5.91 Å². The smallest absolute Gasteiger partial charge is 0.313 e. The van der Waals surface area contributed by atoms with Crippen LogP contribution in [-0.2, 0) is 23.9 Å². The van der Waals surface area contributed by atoms with Gasteiger partial charge in [-0.2, -0.15) is 0 Å². The number of aliphatic hydroxyl groups is 1. The summed E-state index contributed by atoms with van der Waals surface area (Å²) >= 11 is 0. The lowest BCUT2D eigenvalue weighted by Crippen LogP contribution is -2.57. The van der Waals surface area contributed by atoms with Crippen molar-refractivity contribution >= 4 is 23.5 Å². The number of benzene rings is 1. The Morgan fingerprint density at radius 2 is 1.95 bits per heavy atom. The van der Waals surface area contributed by atoms with E-state index in [9.17, 15) is 19.5 Å². The number of hydrogen-bond donors (Lipinski definition) is 1. The second-order valence-corrected chi connectivity index (χ2v) is 10.7. The van der Waals surface area contributed by atoms with Gasteiger partial charge in [0.15, 0.2) is 0 Å². The van der Waals surface area contributed by atoms with Crippen molar-refractivity contribution in [2.75, 3.05) is 31.2 Å². The van der Waals surface area contributed by atoms with E-state index >= 15 is 0 Å². The Morgan fingerprint density at radius 1 is 1.27 bits per heavy atom. The zero-order chi connectivity index (χ0) is 27.1. The zero-order valence-electron chi connectivity index (χ0n) is 22.2. The van der Waals surface area contributed by atoms with Crippen LogP contribution in [0.2, 0.25) is 0 Å². The number of carbonyl (C=O) groups excluding carboxylic acids is 3. The SMILES string of the molecule is C=CCOC(=O)[C@H]1[C@H]2C(=O)N(CCCO)C(C(=O)N(CC=C)c3c(C)cccc3C)C23CC(C)[C@]1(C)O3. The lowest BCUT2D eigenvalue weighted by molar-refractivity contribution is -0.160. The summed E-state index contributed by atoms with van der Waals surface area (Å²) in [6, 6.07) is 4.89. The second kappa shape index (κ2) is 10.1. The Kier molecular flexibility index (Phi) is 7.36. The van der Waals surface area contributed by atoms with E-state index in [1.165, 1.54) is 11.0 Å². The third-order valence-corrected chi connectivity index (χ3v) is 8.49. The summed E-state index contributed by atoms with van der Waals surface area (Å²) < 4.78 is 12.1. The van der Waals surface area contributed by atoms with Crippen LogP contribution in [0.4, 0.5) is 5.69 Å². The van der Waals surface area contributed by atoms with Crippen molar-refractivity contribution in [3.05, 3.63) is 54.6 Å². The predicted molar refractivity (Wildman–Crippen MR) is 140 cm³/mol. The molecule has 1 aromatic rings. The number of anilines is 1. The number of aliphatic hydroxyl groups excluding tert-OH is 1. The second-order valence-electron chi connectivity index (χ2n) is 10.7. The van der Waals surface area contributed by atoms with Crippen molar-refractivity contribution in [1.82, 2.24) is 4.90 Å². The summed E-state index contributed by atoms with van der Waals surface area (Å²) in [6.45, 7) is 15.6. The van der Waals surface area contributed by atoms with Gasteiger partial charge in [-0.25, -0.2) is 0 Å². The summed E-state index contributed by atoms with van der Waals surface area (Å²) in [4.78, 5) is 45.1. The van der Waals surface area contributed by atoms with Crippen LogP contribution in [0.5, 0.6) is 0 Å². The van der Waals surface area contributed by atoms with Gasteiger partial charge in [-0.15, -0.1) is 6.58 Å². The largest absolute Gasteiger partial charge is 0.461 e. The van der Waals surface area contributed by atoms with Crippen molar-refractivity contribution in [2.24, 2.45) is 17.8 Å². The quantitative estimate of drug-likeness (QED) is 0.384. The number of para-hydroxylation sites is 1. The Hall–Kier alpha value is -2.97. The van der Waals surface area contributed by atoms with Crippen molar-refractivity contribution in [2.45, 2.75) is 57.8 Å². The fourth-order valence-electron chi connectivity index (χ4n) is 6.89. The van der Waals surface area contributed by atoms with Gasteiger partial charge in [0.05, 0.1) is 11.5 Å². The van der Waals surface area contributed by atoms with Crippen LogP contribution in [-0.4, -0.2) is 71.3 Å². The molecule has 3 aliphatic rings. The van der Waals surface area contributed by atoms with Crippen molar-refractivity contribution in [3.63, 3.8) is 0 Å². The topological polar surface area (TPSA) is 96.4 Å². The highest BCUT2D eigenvalue weighted by molar-refractivity contribution is 6.05. The van der Waals surface area contributed by atoms with E-state index in [2.05, 4.69) is 13.2 Å². The van der Waals surface area contributed by atoms with Crippen LogP contribution in [0.3, 0.4) is 0 Å². The number of amides is 2. The highest BCUT2D eigenvalue weighted by Gasteiger charge is 2.80. The first kappa shape index (κ1) is 27.1. The van der Waals surface area contributed by atoms with Gasteiger partial charge in [0.1, 0.15) is 24.2 Å². The summed E-state index contributed by atoms with van der Waals surface area (Å²) in [6.07, 6.45) is 3.93. The minimum Gasteiger partial charge on any atom is -0.461 e. The van der Waals surface area contributed by atoms with E-state index < -0.39 is 35.0 Å². The highest BCUT2D eigenvalue weighted by Crippen LogP contribution is 2.65. The molecule has 0 saturated carbocycles. The van der Waals surface area contributed by atoms with Crippen LogP contribution in [0.25, 0.3) is 0 Å². The van der Waals surface area contributed by atoms with E-state index in [-0.39, 0.29) is 44.0 Å². The summed E-state index contributed by atoms with van der Waals surface area (Å²) in [7, 11) is 0. The minimum atomic E-state index is -1.17. The molecule has 1 aromatic carbocycles. The molecule has 0 aliphatic carbocycles. The fraction of sp³-hybridized carbons (Fsp3) is 0.552. The molecule has 6 atom stereocenters. The molecule has 2 bridgehead atoms. The van der Waals surface area contributed by atoms with Crippen molar-refractivity contribution in [3.8, 4) is 0 Å². The molecule has 3 unspecified atom stereocenters. The van der Waals surface area contributed by atoms with Gasteiger partial charge < -0.3 is 24.4 Å². The van der Waals surface area contributed by atoms with E-state index in [1.807, 2.05) is 45.9 Å². The average molecular weight is 511 g/mol. The van der Waals surface area contributed by atoms with Crippen LogP contribution >= 0.6 is 0 Å². The molecule has 3 saturated heterocycles. The monoisotopic (exact) mass is 510 g/mol. The van der Waals surface area contributed by atoms with E-state index in [4.69, 9.17) is 9.47 Å². The molecule has 8 nitrogen and oxygen atoms in total. The van der Waals surface area contributed by atoms with E-state index in [0.717, 1.165) is 16.8 Å². The first-order valence-corrected chi connectivity index (χ1v) is 13.0. The standard InChI is InChI=1S/C29H38N2O6/c1-7-13-30(23-18(3)11-9-12-19(23)4)26(34)24-29-17-20(5)28(6,37-29)22(27(35)36-16-8-2)21(29)25(33)31(24)14-10-15-32/h7-9,11-12,20-22,24,32H,1-2,10,13-17H2,3-6H3/t20?,21-,22+,24?,28-,29?/m0/s1. The minimum absolute atomic E-state index is 0.0317. The Bertz CT molecular complexity index is 1100. The molecule has 37 heavy (non-hydrogen) atoms. The molecular formula is C29H38N2O6. The molecule has 0 radical (unpaired) electrons. The van der Waals surface area contributed by atoms with Crippen LogP contribution in [0.1, 0.15) is 37.8 Å². The number of nitrogens with zero attached hydrogens (tertiary/aromatic N) is 2. The van der Waals surface area contributed by atoms with Crippen LogP contribution < -0.4 is 4.90 Å². The Morgan fingerprint density at radius 3 is 2.54 bits per heavy atom. The van der Waals surface area contributed by atoms with Crippen molar-refractivity contribution in [1.29, 1.82) is 0 Å². The summed E-state index contributed by atoms with van der Waals surface area (Å²) in [5.41, 5.74) is 0.514. The first-order valence-electron chi connectivity index (χ1n) is 13.0. The number of rotatable bonds is 10. The molecule has 0 aromatic heterocycles. The molecule has 3 heterocycles.